The Labute approximate surface area is 161 Å². The number of nitrogens with one attached hydrogen (secondary N) is 2. The molecule has 0 saturated heterocycles. The van der Waals surface area contributed by atoms with Gasteiger partial charge in [-0.25, -0.2) is 0 Å². The lowest BCUT2D eigenvalue weighted by Gasteiger charge is -2.16. The number of benzene rings is 2. The number of amides is 2. The molecule has 5 nitrogen and oxygen atoms in total. The van der Waals surface area contributed by atoms with Crippen LogP contribution in [-0.2, 0) is 6.18 Å². The second-order valence-electron chi connectivity index (χ2n) is 6.77. The summed E-state index contributed by atoms with van der Waals surface area (Å²) in [6.07, 6.45) is -3.86. The number of alkyl halides is 3. The SMILES string of the molecule is CC(C)CCNC(=O)c1cccc(Nc2ccc(C(N)=O)cc2C(F)(F)F)c1. The molecule has 0 bridgehead atoms. The molecule has 0 atom stereocenters. The summed E-state index contributed by atoms with van der Waals surface area (Å²) in [5, 5.41) is 5.44. The van der Waals surface area contributed by atoms with E-state index in [4.69, 9.17) is 5.73 Å². The normalized spacial score (nSPS) is 11.4. The number of rotatable bonds is 7. The molecule has 4 N–H and O–H groups in total. The molecular formula is C20H22F3N3O2. The molecular weight excluding hydrogens is 371 g/mol. The van der Waals surface area contributed by atoms with Crippen LogP contribution in [0.4, 0.5) is 24.5 Å². The van der Waals surface area contributed by atoms with E-state index in [1.165, 1.54) is 12.1 Å². The van der Waals surface area contributed by atoms with Gasteiger partial charge in [-0.1, -0.05) is 19.9 Å². The summed E-state index contributed by atoms with van der Waals surface area (Å²) in [5.74, 6) is -0.806. The Morgan fingerprint density at radius 1 is 1.07 bits per heavy atom. The standard InChI is InChI=1S/C20H22F3N3O2/c1-12(2)8-9-25-19(28)14-4-3-5-15(10-14)26-17-7-6-13(18(24)27)11-16(17)20(21,22)23/h3-7,10-12,26H,8-9H2,1-2H3,(H2,24,27)(H,25,28). The first-order chi connectivity index (χ1) is 13.1. The predicted molar refractivity (Wildman–Crippen MR) is 101 cm³/mol. The Balaban J connectivity index is 2.24. The van der Waals surface area contributed by atoms with Gasteiger partial charge in [-0.2, -0.15) is 13.2 Å². The Morgan fingerprint density at radius 3 is 2.39 bits per heavy atom. The van der Waals surface area contributed by atoms with Crippen LogP contribution in [0.3, 0.4) is 0 Å². The van der Waals surface area contributed by atoms with Gasteiger partial charge in [0.15, 0.2) is 0 Å². The molecule has 0 fully saturated rings. The number of carbonyl (C=O) groups is 2. The Kier molecular flexibility index (Phi) is 6.66. The van der Waals surface area contributed by atoms with E-state index in [2.05, 4.69) is 10.6 Å². The van der Waals surface area contributed by atoms with Crippen LogP contribution >= 0.6 is 0 Å². The number of hydrogen-bond acceptors (Lipinski definition) is 3. The fourth-order valence-electron chi connectivity index (χ4n) is 2.51. The molecule has 2 rings (SSSR count). The van der Waals surface area contributed by atoms with E-state index in [1.54, 1.807) is 18.2 Å². The summed E-state index contributed by atoms with van der Waals surface area (Å²) in [6, 6.07) is 9.22. The molecule has 0 spiro atoms. The highest BCUT2D eigenvalue weighted by Crippen LogP contribution is 2.36. The maximum atomic E-state index is 13.4. The van der Waals surface area contributed by atoms with Crippen molar-refractivity contribution in [3.05, 3.63) is 59.2 Å². The van der Waals surface area contributed by atoms with Crippen LogP contribution in [0, 0.1) is 5.92 Å². The predicted octanol–water partition coefficient (Wildman–Crippen LogP) is 4.32. The number of carbonyl (C=O) groups excluding carboxylic acids is 2. The van der Waals surface area contributed by atoms with Crippen molar-refractivity contribution in [3.63, 3.8) is 0 Å². The maximum absolute atomic E-state index is 13.4. The first-order valence-corrected chi connectivity index (χ1v) is 8.74. The van der Waals surface area contributed by atoms with Crippen LogP contribution in [0.25, 0.3) is 0 Å². The third-order valence-electron chi connectivity index (χ3n) is 4.02. The summed E-state index contributed by atoms with van der Waals surface area (Å²) >= 11 is 0. The fraction of sp³-hybridized carbons (Fsp3) is 0.300. The highest BCUT2D eigenvalue weighted by atomic mass is 19.4. The topological polar surface area (TPSA) is 84.2 Å². The lowest BCUT2D eigenvalue weighted by molar-refractivity contribution is -0.136. The van der Waals surface area contributed by atoms with Gasteiger partial charge >= 0.3 is 6.18 Å². The van der Waals surface area contributed by atoms with E-state index in [0.717, 1.165) is 12.5 Å². The van der Waals surface area contributed by atoms with E-state index in [-0.39, 0.29) is 17.2 Å². The minimum atomic E-state index is -4.68. The number of primary amides is 1. The first kappa shape index (κ1) is 21.3. The average Bonchev–Trinajstić information content (AvgIpc) is 2.60. The smallest absolute Gasteiger partial charge is 0.366 e. The van der Waals surface area contributed by atoms with Gasteiger partial charge in [0.2, 0.25) is 5.91 Å². The third kappa shape index (κ3) is 5.73. The van der Waals surface area contributed by atoms with Crippen molar-refractivity contribution in [1.29, 1.82) is 0 Å². The van der Waals surface area contributed by atoms with Gasteiger partial charge in [0.25, 0.3) is 5.91 Å². The molecule has 0 aliphatic rings. The van der Waals surface area contributed by atoms with Crippen molar-refractivity contribution in [3.8, 4) is 0 Å². The van der Waals surface area contributed by atoms with E-state index in [0.29, 0.717) is 29.8 Å². The third-order valence-corrected chi connectivity index (χ3v) is 4.02. The highest BCUT2D eigenvalue weighted by molar-refractivity contribution is 5.95. The van der Waals surface area contributed by atoms with Crippen molar-refractivity contribution in [2.24, 2.45) is 11.7 Å². The van der Waals surface area contributed by atoms with E-state index < -0.39 is 17.6 Å². The first-order valence-electron chi connectivity index (χ1n) is 8.74. The van der Waals surface area contributed by atoms with Crippen LogP contribution < -0.4 is 16.4 Å². The summed E-state index contributed by atoms with van der Waals surface area (Å²) in [6.45, 7) is 4.60. The van der Waals surface area contributed by atoms with E-state index in [9.17, 15) is 22.8 Å². The lowest BCUT2D eigenvalue weighted by atomic mass is 10.1. The summed E-state index contributed by atoms with van der Waals surface area (Å²) in [4.78, 5) is 23.4. The second kappa shape index (κ2) is 8.77. The minimum absolute atomic E-state index is 0.240. The van der Waals surface area contributed by atoms with Crippen molar-refractivity contribution in [1.82, 2.24) is 5.32 Å². The molecule has 0 radical (unpaired) electrons. The Bertz CT molecular complexity index is 864. The highest BCUT2D eigenvalue weighted by Gasteiger charge is 2.34. The van der Waals surface area contributed by atoms with Crippen LogP contribution in [0.2, 0.25) is 0 Å². The number of nitrogens with two attached hydrogens (primary N) is 1. The average molecular weight is 393 g/mol. The van der Waals surface area contributed by atoms with Crippen LogP contribution in [0.5, 0.6) is 0 Å². The molecule has 0 saturated carbocycles. The molecule has 2 aromatic carbocycles. The molecule has 2 amide bonds. The Hall–Kier alpha value is -3.03. The molecule has 0 aromatic heterocycles. The fourth-order valence-corrected chi connectivity index (χ4v) is 2.51. The Morgan fingerprint density at radius 2 is 1.79 bits per heavy atom. The van der Waals surface area contributed by atoms with Gasteiger partial charge in [0, 0.05) is 23.4 Å². The molecule has 0 aliphatic carbocycles. The molecule has 0 unspecified atom stereocenters. The summed E-state index contributed by atoms with van der Waals surface area (Å²) in [5.41, 5.74) is 4.21. The number of anilines is 2. The maximum Gasteiger partial charge on any atom is 0.418 e. The molecule has 150 valence electrons. The van der Waals surface area contributed by atoms with E-state index >= 15 is 0 Å². The van der Waals surface area contributed by atoms with Crippen molar-refractivity contribution in [2.75, 3.05) is 11.9 Å². The lowest BCUT2D eigenvalue weighted by Crippen LogP contribution is -2.25. The van der Waals surface area contributed by atoms with Gasteiger partial charge in [-0.3, -0.25) is 9.59 Å². The van der Waals surface area contributed by atoms with Gasteiger partial charge in [-0.05, 0) is 48.7 Å². The minimum Gasteiger partial charge on any atom is -0.366 e. The zero-order valence-corrected chi connectivity index (χ0v) is 15.6. The van der Waals surface area contributed by atoms with Gasteiger partial charge in [0.1, 0.15) is 0 Å². The zero-order chi connectivity index (χ0) is 20.9. The van der Waals surface area contributed by atoms with Gasteiger partial charge < -0.3 is 16.4 Å². The summed E-state index contributed by atoms with van der Waals surface area (Å²) in [7, 11) is 0. The summed E-state index contributed by atoms with van der Waals surface area (Å²) < 4.78 is 40.1. The van der Waals surface area contributed by atoms with Crippen molar-refractivity contribution >= 4 is 23.2 Å². The van der Waals surface area contributed by atoms with Crippen LogP contribution in [-0.4, -0.2) is 18.4 Å². The molecule has 8 heteroatoms. The van der Waals surface area contributed by atoms with E-state index in [1.807, 2.05) is 13.8 Å². The van der Waals surface area contributed by atoms with Crippen molar-refractivity contribution < 1.29 is 22.8 Å². The second-order valence-corrected chi connectivity index (χ2v) is 6.77. The monoisotopic (exact) mass is 393 g/mol. The largest absolute Gasteiger partial charge is 0.418 e. The molecule has 0 heterocycles. The van der Waals surface area contributed by atoms with Crippen LogP contribution in [0.15, 0.2) is 42.5 Å². The van der Waals surface area contributed by atoms with Crippen molar-refractivity contribution in [2.45, 2.75) is 26.4 Å². The van der Waals surface area contributed by atoms with Crippen LogP contribution in [0.1, 0.15) is 46.5 Å². The van der Waals surface area contributed by atoms with Gasteiger partial charge in [-0.15, -0.1) is 0 Å². The molecule has 0 aliphatic heterocycles. The number of hydrogen-bond donors (Lipinski definition) is 3. The quantitative estimate of drug-likeness (QED) is 0.655. The molecule has 28 heavy (non-hydrogen) atoms. The number of halogens is 3. The van der Waals surface area contributed by atoms with Gasteiger partial charge in [0.05, 0.1) is 11.3 Å². The zero-order valence-electron chi connectivity index (χ0n) is 15.6. The molecule has 2 aromatic rings.